The fraction of sp³-hybridized carbons (Fsp3) is 0.115. The molecule has 0 aliphatic rings. The van der Waals surface area contributed by atoms with Gasteiger partial charge in [-0.15, -0.1) is 0 Å². The molecule has 0 aliphatic carbocycles. The molecule has 6 nitrogen and oxygen atoms in total. The van der Waals surface area contributed by atoms with Crippen molar-refractivity contribution >= 4 is 43.4 Å². The van der Waals surface area contributed by atoms with Crippen LogP contribution >= 0.6 is 11.3 Å². The number of methoxy groups -OCH3 is 2. The SMILES string of the molecule is COc1ccc2sc(N(Cc3ccccn3)C(=O)c3cc4ccccc4cc3OC)nc2c1. The number of pyridine rings is 1. The van der Waals surface area contributed by atoms with Crippen LogP contribution in [0.4, 0.5) is 5.13 Å². The summed E-state index contributed by atoms with van der Waals surface area (Å²) in [5.74, 6) is 1.04. The van der Waals surface area contributed by atoms with Gasteiger partial charge in [-0.25, -0.2) is 4.98 Å². The van der Waals surface area contributed by atoms with E-state index >= 15 is 0 Å². The molecule has 0 saturated heterocycles. The smallest absolute Gasteiger partial charge is 0.264 e. The average molecular weight is 456 g/mol. The highest BCUT2D eigenvalue weighted by atomic mass is 32.1. The van der Waals surface area contributed by atoms with E-state index in [0.29, 0.717) is 16.4 Å². The Morgan fingerprint density at radius 1 is 0.939 bits per heavy atom. The van der Waals surface area contributed by atoms with Crippen molar-refractivity contribution in [1.82, 2.24) is 9.97 Å². The molecule has 0 saturated carbocycles. The molecular formula is C26H21N3O3S. The van der Waals surface area contributed by atoms with Gasteiger partial charge in [0.05, 0.1) is 42.2 Å². The van der Waals surface area contributed by atoms with Gasteiger partial charge in [-0.05, 0) is 47.2 Å². The van der Waals surface area contributed by atoms with Gasteiger partial charge in [0, 0.05) is 12.3 Å². The molecule has 0 fully saturated rings. The predicted molar refractivity (Wildman–Crippen MR) is 131 cm³/mol. The summed E-state index contributed by atoms with van der Waals surface area (Å²) >= 11 is 1.45. The standard InChI is InChI=1S/C26H21N3O3S/c1-31-20-10-11-24-22(15-20)28-26(33-24)29(16-19-9-5-6-12-27-19)25(30)21-13-17-7-3-4-8-18(17)14-23(21)32-2/h3-15H,16H2,1-2H3. The van der Waals surface area contributed by atoms with Crippen molar-refractivity contribution < 1.29 is 14.3 Å². The first-order chi connectivity index (χ1) is 16.2. The minimum Gasteiger partial charge on any atom is -0.497 e. The number of aromatic nitrogens is 2. The summed E-state index contributed by atoms with van der Waals surface area (Å²) in [4.78, 5) is 24.8. The fourth-order valence-corrected chi connectivity index (χ4v) is 4.66. The molecule has 7 heteroatoms. The third-order valence-electron chi connectivity index (χ3n) is 5.40. The summed E-state index contributed by atoms with van der Waals surface area (Å²) in [5.41, 5.74) is 2.02. The van der Waals surface area contributed by atoms with Crippen molar-refractivity contribution in [2.45, 2.75) is 6.54 Å². The second kappa shape index (κ2) is 8.88. The minimum atomic E-state index is -0.200. The monoisotopic (exact) mass is 455 g/mol. The number of hydrogen-bond donors (Lipinski definition) is 0. The molecular weight excluding hydrogens is 434 g/mol. The van der Waals surface area contributed by atoms with Crippen molar-refractivity contribution in [3.05, 3.63) is 90.3 Å². The maximum Gasteiger partial charge on any atom is 0.264 e. The number of carbonyl (C=O) groups is 1. The summed E-state index contributed by atoms with van der Waals surface area (Å²) in [6, 6.07) is 23.0. The Kier molecular flexibility index (Phi) is 5.62. The van der Waals surface area contributed by atoms with E-state index in [-0.39, 0.29) is 12.5 Å². The number of hydrogen-bond acceptors (Lipinski definition) is 6. The molecule has 3 aromatic carbocycles. The molecule has 0 spiro atoms. The van der Waals surface area contributed by atoms with E-state index < -0.39 is 0 Å². The lowest BCUT2D eigenvalue weighted by Crippen LogP contribution is -2.31. The molecule has 0 aliphatic heterocycles. The highest BCUT2D eigenvalue weighted by molar-refractivity contribution is 7.22. The van der Waals surface area contributed by atoms with E-state index in [1.165, 1.54) is 11.3 Å². The first-order valence-corrected chi connectivity index (χ1v) is 11.2. The first-order valence-electron chi connectivity index (χ1n) is 10.4. The highest BCUT2D eigenvalue weighted by Gasteiger charge is 2.25. The number of ether oxygens (including phenoxy) is 2. The molecule has 2 aromatic heterocycles. The largest absolute Gasteiger partial charge is 0.497 e. The molecule has 5 aromatic rings. The summed E-state index contributed by atoms with van der Waals surface area (Å²) in [7, 11) is 3.20. The van der Waals surface area contributed by atoms with Crippen LogP contribution in [-0.4, -0.2) is 30.1 Å². The van der Waals surface area contributed by atoms with Gasteiger partial charge in [-0.3, -0.25) is 14.7 Å². The van der Waals surface area contributed by atoms with Crippen molar-refractivity contribution in [2.75, 3.05) is 19.1 Å². The molecule has 2 heterocycles. The lowest BCUT2D eigenvalue weighted by Gasteiger charge is -2.21. The quantitative estimate of drug-likeness (QED) is 0.328. The van der Waals surface area contributed by atoms with Gasteiger partial charge < -0.3 is 9.47 Å². The predicted octanol–water partition coefficient (Wildman–Crippen LogP) is 5.71. The van der Waals surface area contributed by atoms with Gasteiger partial charge in [-0.2, -0.15) is 0 Å². The number of carbonyl (C=O) groups excluding carboxylic acids is 1. The summed E-state index contributed by atoms with van der Waals surface area (Å²) < 4.78 is 11.9. The molecule has 33 heavy (non-hydrogen) atoms. The van der Waals surface area contributed by atoms with Crippen LogP contribution in [0.15, 0.2) is 79.0 Å². The zero-order valence-electron chi connectivity index (χ0n) is 18.2. The number of amides is 1. The van der Waals surface area contributed by atoms with Gasteiger partial charge in [0.15, 0.2) is 5.13 Å². The molecule has 0 atom stereocenters. The average Bonchev–Trinajstić information content (AvgIpc) is 3.29. The van der Waals surface area contributed by atoms with Crippen molar-refractivity contribution in [3.63, 3.8) is 0 Å². The number of thiazole rings is 1. The maximum atomic E-state index is 13.9. The lowest BCUT2D eigenvalue weighted by atomic mass is 10.0. The van der Waals surface area contributed by atoms with E-state index in [4.69, 9.17) is 14.5 Å². The fourth-order valence-electron chi connectivity index (χ4n) is 3.72. The Morgan fingerprint density at radius 2 is 1.73 bits per heavy atom. The van der Waals surface area contributed by atoms with Crippen molar-refractivity contribution in [2.24, 2.45) is 0 Å². The second-order valence-corrected chi connectivity index (χ2v) is 8.45. The Hall–Kier alpha value is -3.97. The molecule has 5 rings (SSSR count). The van der Waals surface area contributed by atoms with Gasteiger partial charge in [0.25, 0.3) is 5.91 Å². The normalized spacial score (nSPS) is 11.0. The van der Waals surface area contributed by atoms with Gasteiger partial charge in [-0.1, -0.05) is 41.7 Å². The molecule has 0 N–H and O–H groups in total. The van der Waals surface area contributed by atoms with E-state index in [2.05, 4.69) is 4.98 Å². The van der Waals surface area contributed by atoms with Crippen LogP contribution in [0.1, 0.15) is 16.1 Å². The third kappa shape index (κ3) is 4.10. The highest BCUT2D eigenvalue weighted by Crippen LogP contribution is 2.34. The van der Waals surface area contributed by atoms with E-state index in [0.717, 1.165) is 32.4 Å². The Labute approximate surface area is 195 Å². The van der Waals surface area contributed by atoms with Crippen LogP contribution in [0, 0.1) is 0 Å². The van der Waals surface area contributed by atoms with Gasteiger partial charge >= 0.3 is 0 Å². The summed E-state index contributed by atoms with van der Waals surface area (Å²) in [6.45, 7) is 0.284. The van der Waals surface area contributed by atoms with E-state index in [9.17, 15) is 4.79 Å². The third-order valence-corrected chi connectivity index (χ3v) is 6.46. The van der Waals surface area contributed by atoms with Crippen LogP contribution in [-0.2, 0) is 6.54 Å². The van der Waals surface area contributed by atoms with E-state index in [1.54, 1.807) is 25.3 Å². The minimum absolute atomic E-state index is 0.200. The van der Waals surface area contributed by atoms with Crippen molar-refractivity contribution in [3.8, 4) is 11.5 Å². The van der Waals surface area contributed by atoms with Crippen LogP contribution < -0.4 is 14.4 Å². The maximum absolute atomic E-state index is 13.9. The topological polar surface area (TPSA) is 64.5 Å². The number of rotatable bonds is 6. The molecule has 0 radical (unpaired) electrons. The molecule has 0 bridgehead atoms. The molecule has 164 valence electrons. The Balaban J connectivity index is 1.63. The van der Waals surface area contributed by atoms with Crippen molar-refractivity contribution in [1.29, 1.82) is 0 Å². The van der Waals surface area contributed by atoms with Crippen LogP contribution in [0.3, 0.4) is 0 Å². The Morgan fingerprint density at radius 3 is 2.45 bits per heavy atom. The zero-order valence-corrected chi connectivity index (χ0v) is 19.0. The number of nitrogens with zero attached hydrogens (tertiary/aromatic N) is 3. The van der Waals surface area contributed by atoms with Crippen LogP contribution in [0.5, 0.6) is 11.5 Å². The number of benzene rings is 3. The van der Waals surface area contributed by atoms with Gasteiger partial charge in [0.2, 0.25) is 0 Å². The van der Waals surface area contributed by atoms with Gasteiger partial charge in [0.1, 0.15) is 11.5 Å². The summed E-state index contributed by atoms with van der Waals surface area (Å²) in [6.07, 6.45) is 1.72. The number of fused-ring (bicyclic) bond motifs is 2. The molecule has 1 amide bonds. The van der Waals surface area contributed by atoms with E-state index in [1.807, 2.05) is 72.8 Å². The molecule has 0 unspecified atom stereocenters. The lowest BCUT2D eigenvalue weighted by molar-refractivity contribution is 0.0982. The number of anilines is 1. The second-order valence-electron chi connectivity index (χ2n) is 7.44. The first kappa shape index (κ1) is 20.9. The Bertz CT molecular complexity index is 1450. The summed E-state index contributed by atoms with van der Waals surface area (Å²) in [5, 5.41) is 2.56. The van der Waals surface area contributed by atoms with Crippen LogP contribution in [0.25, 0.3) is 21.0 Å². The zero-order chi connectivity index (χ0) is 22.8. The van der Waals surface area contributed by atoms with Crippen LogP contribution in [0.2, 0.25) is 0 Å².